The van der Waals surface area contributed by atoms with E-state index in [9.17, 15) is 8.42 Å². The fourth-order valence-corrected chi connectivity index (χ4v) is 3.14. The van der Waals surface area contributed by atoms with Crippen molar-refractivity contribution in [2.45, 2.75) is 37.6 Å². The lowest BCUT2D eigenvalue weighted by atomic mass is 10.1. The highest BCUT2D eigenvalue weighted by molar-refractivity contribution is 7.89. The van der Waals surface area contributed by atoms with Crippen LogP contribution in [0.5, 0.6) is 0 Å². The first-order valence-electron chi connectivity index (χ1n) is 5.59. The monoisotopic (exact) mass is 243 g/mol. The van der Waals surface area contributed by atoms with Crippen LogP contribution in [0.4, 0.5) is 0 Å². The summed E-state index contributed by atoms with van der Waals surface area (Å²) in [6.45, 7) is 2.27. The molecular formula is C10H17N3O2S. The smallest absolute Gasteiger partial charge is 0.257 e. The molecule has 1 heterocycles. The maximum Gasteiger partial charge on any atom is 0.257 e. The van der Waals surface area contributed by atoms with Crippen molar-refractivity contribution in [1.82, 2.24) is 14.7 Å². The fourth-order valence-electron chi connectivity index (χ4n) is 2.05. The van der Waals surface area contributed by atoms with Crippen LogP contribution in [0.3, 0.4) is 0 Å². The number of sulfonamides is 1. The molecule has 1 saturated carbocycles. The van der Waals surface area contributed by atoms with Crippen molar-refractivity contribution in [2.24, 2.45) is 5.92 Å². The highest BCUT2D eigenvalue weighted by atomic mass is 32.2. The number of aromatic nitrogens is 2. The molecule has 0 radical (unpaired) electrons. The van der Waals surface area contributed by atoms with Gasteiger partial charge in [-0.05, 0) is 25.7 Å². The number of hydrogen-bond acceptors (Lipinski definition) is 3. The van der Waals surface area contributed by atoms with Gasteiger partial charge < -0.3 is 4.98 Å². The van der Waals surface area contributed by atoms with E-state index in [1.807, 2.05) is 0 Å². The Morgan fingerprint density at radius 3 is 2.75 bits per heavy atom. The molecular weight excluding hydrogens is 226 g/mol. The molecule has 0 atom stereocenters. The predicted octanol–water partition coefficient (Wildman–Crippen LogP) is 1.19. The number of nitrogens with zero attached hydrogens (tertiary/aromatic N) is 1. The molecule has 1 fully saturated rings. The Bertz CT molecular complexity index is 446. The molecule has 0 aromatic carbocycles. The van der Waals surface area contributed by atoms with Gasteiger partial charge in [0.15, 0.2) is 5.03 Å². The predicted molar refractivity (Wildman–Crippen MR) is 60.5 cm³/mol. The average Bonchev–Trinajstić information content (AvgIpc) is 2.85. The highest BCUT2D eigenvalue weighted by Crippen LogP contribution is 2.24. The van der Waals surface area contributed by atoms with Crippen LogP contribution >= 0.6 is 0 Å². The van der Waals surface area contributed by atoms with E-state index in [-0.39, 0.29) is 5.03 Å². The SMILES string of the molecule is Cc1ncc(S(=O)(=O)NCC2CCCC2)[nH]1. The van der Waals surface area contributed by atoms with Crippen LogP contribution in [0.25, 0.3) is 0 Å². The molecule has 5 nitrogen and oxygen atoms in total. The first-order valence-corrected chi connectivity index (χ1v) is 7.07. The Hall–Kier alpha value is -0.880. The van der Waals surface area contributed by atoms with E-state index in [0.29, 0.717) is 18.3 Å². The maximum absolute atomic E-state index is 11.8. The summed E-state index contributed by atoms with van der Waals surface area (Å²) < 4.78 is 26.3. The number of aryl methyl sites for hydroxylation is 1. The summed E-state index contributed by atoms with van der Waals surface area (Å²) >= 11 is 0. The molecule has 1 aliphatic carbocycles. The van der Waals surface area contributed by atoms with Gasteiger partial charge in [0.25, 0.3) is 10.0 Å². The second kappa shape index (κ2) is 4.55. The summed E-state index contributed by atoms with van der Waals surface area (Å²) in [4.78, 5) is 6.62. The Kier molecular flexibility index (Phi) is 3.30. The summed E-state index contributed by atoms with van der Waals surface area (Å²) in [6, 6.07) is 0. The standard InChI is InChI=1S/C10H17N3O2S/c1-8-11-7-10(13-8)16(14,15)12-6-9-4-2-3-5-9/h7,9,12H,2-6H2,1H3,(H,11,13). The van der Waals surface area contributed by atoms with Crippen molar-refractivity contribution in [3.8, 4) is 0 Å². The number of aromatic amines is 1. The molecule has 0 amide bonds. The summed E-state index contributed by atoms with van der Waals surface area (Å²) in [6.07, 6.45) is 6.05. The Balaban J connectivity index is 1.97. The van der Waals surface area contributed by atoms with Gasteiger partial charge >= 0.3 is 0 Å². The van der Waals surface area contributed by atoms with Crippen LogP contribution in [0.2, 0.25) is 0 Å². The van der Waals surface area contributed by atoms with Crippen molar-refractivity contribution in [3.05, 3.63) is 12.0 Å². The highest BCUT2D eigenvalue weighted by Gasteiger charge is 2.20. The van der Waals surface area contributed by atoms with Gasteiger partial charge in [0.1, 0.15) is 5.82 Å². The van der Waals surface area contributed by atoms with E-state index in [0.717, 1.165) is 12.8 Å². The number of imidazole rings is 1. The molecule has 1 aromatic heterocycles. The number of rotatable bonds is 4. The molecule has 1 aliphatic rings. The zero-order valence-corrected chi connectivity index (χ0v) is 10.2. The van der Waals surface area contributed by atoms with E-state index >= 15 is 0 Å². The minimum Gasteiger partial charge on any atom is -0.332 e. The van der Waals surface area contributed by atoms with Crippen LogP contribution in [0.15, 0.2) is 11.2 Å². The van der Waals surface area contributed by atoms with E-state index in [1.165, 1.54) is 19.0 Å². The summed E-state index contributed by atoms with van der Waals surface area (Å²) in [5, 5.41) is 0.156. The molecule has 90 valence electrons. The third kappa shape index (κ3) is 2.62. The summed E-state index contributed by atoms with van der Waals surface area (Å²) in [7, 11) is -3.39. The summed E-state index contributed by atoms with van der Waals surface area (Å²) in [5.74, 6) is 1.11. The van der Waals surface area contributed by atoms with Gasteiger partial charge in [0.2, 0.25) is 0 Å². The van der Waals surface area contributed by atoms with E-state index in [2.05, 4.69) is 14.7 Å². The first kappa shape index (κ1) is 11.6. The van der Waals surface area contributed by atoms with E-state index in [4.69, 9.17) is 0 Å². The molecule has 1 aromatic rings. The lowest BCUT2D eigenvalue weighted by Crippen LogP contribution is -2.28. The van der Waals surface area contributed by atoms with E-state index < -0.39 is 10.0 Å². The molecule has 2 rings (SSSR count). The normalized spacial score (nSPS) is 18.1. The van der Waals surface area contributed by atoms with E-state index in [1.54, 1.807) is 6.92 Å². The van der Waals surface area contributed by atoms with Crippen LogP contribution < -0.4 is 4.72 Å². The van der Waals surface area contributed by atoms with Crippen LogP contribution in [0.1, 0.15) is 31.5 Å². The van der Waals surface area contributed by atoms with Gasteiger partial charge in [-0.3, -0.25) is 0 Å². The van der Waals surface area contributed by atoms with Gasteiger partial charge in [-0.25, -0.2) is 18.1 Å². The molecule has 0 saturated heterocycles. The zero-order chi connectivity index (χ0) is 11.6. The summed E-state index contributed by atoms with van der Waals surface area (Å²) in [5.41, 5.74) is 0. The average molecular weight is 243 g/mol. The van der Waals surface area contributed by atoms with Crippen LogP contribution in [-0.2, 0) is 10.0 Å². The van der Waals surface area contributed by atoms with Gasteiger partial charge in [-0.1, -0.05) is 12.8 Å². The fraction of sp³-hybridized carbons (Fsp3) is 0.700. The number of hydrogen-bond donors (Lipinski definition) is 2. The van der Waals surface area contributed by atoms with Gasteiger partial charge in [-0.2, -0.15) is 0 Å². The van der Waals surface area contributed by atoms with Gasteiger partial charge in [-0.15, -0.1) is 0 Å². The van der Waals surface area contributed by atoms with Gasteiger partial charge in [0, 0.05) is 6.54 Å². The lowest BCUT2D eigenvalue weighted by molar-refractivity contribution is 0.518. The Morgan fingerprint density at radius 2 is 2.19 bits per heavy atom. The van der Waals surface area contributed by atoms with Crippen molar-refractivity contribution in [2.75, 3.05) is 6.54 Å². The molecule has 0 unspecified atom stereocenters. The van der Waals surface area contributed by atoms with Crippen LogP contribution in [-0.4, -0.2) is 24.9 Å². The molecule has 2 N–H and O–H groups in total. The maximum atomic E-state index is 11.8. The van der Waals surface area contributed by atoms with Crippen molar-refractivity contribution in [1.29, 1.82) is 0 Å². The molecule has 16 heavy (non-hydrogen) atoms. The second-order valence-electron chi connectivity index (χ2n) is 4.34. The largest absolute Gasteiger partial charge is 0.332 e. The van der Waals surface area contributed by atoms with Crippen molar-refractivity contribution in [3.63, 3.8) is 0 Å². The van der Waals surface area contributed by atoms with Gasteiger partial charge in [0.05, 0.1) is 6.20 Å². The minimum absolute atomic E-state index is 0.156. The quantitative estimate of drug-likeness (QED) is 0.834. The third-order valence-electron chi connectivity index (χ3n) is 3.01. The number of nitrogens with one attached hydrogen (secondary N) is 2. The lowest BCUT2D eigenvalue weighted by Gasteiger charge is -2.09. The van der Waals surface area contributed by atoms with Crippen molar-refractivity contribution >= 4 is 10.0 Å². The number of H-pyrrole nitrogens is 1. The molecule has 0 bridgehead atoms. The minimum atomic E-state index is -3.39. The second-order valence-corrected chi connectivity index (χ2v) is 6.07. The Morgan fingerprint density at radius 1 is 1.50 bits per heavy atom. The Labute approximate surface area is 95.7 Å². The molecule has 0 aliphatic heterocycles. The topological polar surface area (TPSA) is 74.8 Å². The molecule has 6 heteroatoms. The zero-order valence-electron chi connectivity index (χ0n) is 9.36. The molecule has 0 spiro atoms. The third-order valence-corrected chi connectivity index (χ3v) is 4.34. The van der Waals surface area contributed by atoms with Crippen LogP contribution in [0, 0.1) is 12.8 Å². The first-order chi connectivity index (χ1) is 7.58. The van der Waals surface area contributed by atoms with Crippen molar-refractivity contribution < 1.29 is 8.42 Å².